The molecule has 1 amide bonds. The highest BCUT2D eigenvalue weighted by Crippen LogP contribution is 2.36. The molecule has 1 aliphatic rings. The minimum atomic E-state index is -0.422. The summed E-state index contributed by atoms with van der Waals surface area (Å²) in [5, 5.41) is 3.96. The number of rotatable bonds is 5. The molecule has 0 spiro atoms. The summed E-state index contributed by atoms with van der Waals surface area (Å²) in [5.41, 5.74) is 6.31. The molecular weight excluding hydrogens is 308 g/mol. The van der Waals surface area contributed by atoms with Crippen molar-refractivity contribution in [3.05, 3.63) is 23.2 Å². The minimum absolute atomic E-state index is 0.00961. The fourth-order valence-electron chi connectivity index (χ4n) is 2.25. The average Bonchev–Trinajstić information content (AvgIpc) is 2.91. The van der Waals surface area contributed by atoms with Crippen LogP contribution in [0.15, 0.2) is 23.1 Å². The lowest BCUT2D eigenvalue weighted by molar-refractivity contribution is -0.126. The van der Waals surface area contributed by atoms with Crippen LogP contribution in [0.4, 0.5) is 5.69 Å². The van der Waals surface area contributed by atoms with Gasteiger partial charge in [0.25, 0.3) is 5.91 Å². The Morgan fingerprint density at radius 2 is 2.29 bits per heavy atom. The topological polar surface area (TPSA) is 64.4 Å². The summed E-state index contributed by atoms with van der Waals surface area (Å²) < 4.78 is 5.62. The standard InChI is InChI=1S/C15H21ClN2O2S/c1-9(2)21-14-11(16)4-3-5-12(14)18-15(19)13-7-6-10(8-17)20-13/h3-5,9-10,13H,6-8,17H2,1-2H3,(H,18,19)/t10-,13+/m1/s1. The number of nitrogens with one attached hydrogen (secondary N) is 1. The number of ether oxygens (including phenoxy) is 1. The van der Waals surface area contributed by atoms with Crippen molar-refractivity contribution in [2.24, 2.45) is 5.73 Å². The summed E-state index contributed by atoms with van der Waals surface area (Å²) in [6, 6.07) is 5.53. The van der Waals surface area contributed by atoms with Crippen LogP contribution < -0.4 is 11.1 Å². The molecule has 0 bridgehead atoms. The maximum absolute atomic E-state index is 12.3. The molecule has 116 valence electrons. The number of benzene rings is 1. The van der Waals surface area contributed by atoms with Gasteiger partial charge in [0, 0.05) is 16.7 Å². The fourth-order valence-corrected chi connectivity index (χ4v) is 3.45. The van der Waals surface area contributed by atoms with E-state index in [-0.39, 0.29) is 12.0 Å². The Hall–Kier alpha value is -0.750. The second-order valence-corrected chi connectivity index (χ2v) is 7.33. The van der Waals surface area contributed by atoms with Crippen LogP contribution in [0, 0.1) is 0 Å². The number of amides is 1. The zero-order valence-corrected chi connectivity index (χ0v) is 13.8. The summed E-state index contributed by atoms with van der Waals surface area (Å²) in [7, 11) is 0. The lowest BCUT2D eigenvalue weighted by Gasteiger charge is -2.16. The Bertz CT molecular complexity index is 510. The van der Waals surface area contributed by atoms with Crippen LogP contribution in [0.2, 0.25) is 5.02 Å². The van der Waals surface area contributed by atoms with E-state index >= 15 is 0 Å². The highest BCUT2D eigenvalue weighted by Gasteiger charge is 2.30. The minimum Gasteiger partial charge on any atom is -0.364 e. The molecule has 1 aliphatic heterocycles. The van der Waals surface area contributed by atoms with E-state index in [9.17, 15) is 4.79 Å². The van der Waals surface area contributed by atoms with Gasteiger partial charge in [0.2, 0.25) is 0 Å². The third-order valence-corrected chi connectivity index (χ3v) is 4.82. The van der Waals surface area contributed by atoms with Crippen molar-refractivity contribution in [3.63, 3.8) is 0 Å². The normalized spacial score (nSPS) is 21.8. The van der Waals surface area contributed by atoms with Crippen molar-refractivity contribution in [1.29, 1.82) is 0 Å². The van der Waals surface area contributed by atoms with Crippen molar-refractivity contribution in [2.75, 3.05) is 11.9 Å². The summed E-state index contributed by atoms with van der Waals surface area (Å²) in [6.07, 6.45) is 1.11. The molecule has 2 rings (SSSR count). The Balaban J connectivity index is 2.09. The van der Waals surface area contributed by atoms with Crippen molar-refractivity contribution in [1.82, 2.24) is 0 Å². The third kappa shape index (κ3) is 4.36. The van der Waals surface area contributed by atoms with Crippen LogP contribution in [0.25, 0.3) is 0 Å². The summed E-state index contributed by atoms with van der Waals surface area (Å²) >= 11 is 7.88. The molecule has 2 atom stereocenters. The SMILES string of the molecule is CC(C)Sc1c(Cl)cccc1NC(=O)[C@@H]1CC[C@H](CN)O1. The fraction of sp³-hybridized carbons (Fsp3) is 0.533. The van der Waals surface area contributed by atoms with E-state index in [1.165, 1.54) is 0 Å². The van der Waals surface area contributed by atoms with Gasteiger partial charge in [0.1, 0.15) is 6.10 Å². The van der Waals surface area contributed by atoms with Gasteiger partial charge in [0.05, 0.1) is 16.8 Å². The Morgan fingerprint density at radius 3 is 2.90 bits per heavy atom. The lowest BCUT2D eigenvalue weighted by atomic mass is 10.2. The van der Waals surface area contributed by atoms with E-state index in [2.05, 4.69) is 19.2 Å². The predicted octanol–water partition coefficient (Wildman–Crippen LogP) is 3.29. The van der Waals surface area contributed by atoms with E-state index in [0.717, 1.165) is 17.0 Å². The number of hydrogen-bond donors (Lipinski definition) is 2. The van der Waals surface area contributed by atoms with Crippen molar-refractivity contribution in [3.8, 4) is 0 Å². The molecular formula is C15H21ClN2O2S. The number of thioether (sulfide) groups is 1. The van der Waals surface area contributed by atoms with Gasteiger partial charge in [-0.2, -0.15) is 0 Å². The maximum Gasteiger partial charge on any atom is 0.253 e. The second-order valence-electron chi connectivity index (χ2n) is 5.33. The van der Waals surface area contributed by atoms with Gasteiger partial charge in [-0.3, -0.25) is 4.79 Å². The zero-order valence-electron chi connectivity index (χ0n) is 12.3. The summed E-state index contributed by atoms with van der Waals surface area (Å²) in [5.74, 6) is -0.126. The van der Waals surface area contributed by atoms with E-state index in [4.69, 9.17) is 22.1 Å². The van der Waals surface area contributed by atoms with E-state index in [1.54, 1.807) is 11.8 Å². The van der Waals surface area contributed by atoms with Crippen LogP contribution in [-0.4, -0.2) is 29.9 Å². The van der Waals surface area contributed by atoms with Gasteiger partial charge in [-0.1, -0.05) is 31.5 Å². The van der Waals surface area contributed by atoms with E-state index in [1.807, 2.05) is 18.2 Å². The lowest BCUT2D eigenvalue weighted by Crippen LogP contribution is -2.30. The first kappa shape index (κ1) is 16.6. The molecule has 1 saturated heterocycles. The van der Waals surface area contributed by atoms with Crippen molar-refractivity contribution < 1.29 is 9.53 Å². The number of carbonyl (C=O) groups excluding carboxylic acids is 1. The molecule has 21 heavy (non-hydrogen) atoms. The number of anilines is 1. The van der Waals surface area contributed by atoms with Gasteiger partial charge in [-0.05, 0) is 25.0 Å². The van der Waals surface area contributed by atoms with Gasteiger partial charge >= 0.3 is 0 Å². The monoisotopic (exact) mass is 328 g/mol. The molecule has 1 aromatic rings. The predicted molar refractivity (Wildman–Crippen MR) is 88.0 cm³/mol. The number of carbonyl (C=O) groups is 1. The zero-order chi connectivity index (χ0) is 15.4. The molecule has 1 aromatic carbocycles. The largest absolute Gasteiger partial charge is 0.364 e. The molecule has 6 heteroatoms. The van der Waals surface area contributed by atoms with E-state index < -0.39 is 6.10 Å². The molecule has 0 aliphatic carbocycles. The van der Waals surface area contributed by atoms with Gasteiger partial charge < -0.3 is 15.8 Å². The highest BCUT2D eigenvalue weighted by atomic mass is 35.5. The molecule has 3 N–H and O–H groups in total. The van der Waals surface area contributed by atoms with Gasteiger partial charge in [-0.25, -0.2) is 0 Å². The molecule has 1 fully saturated rings. The number of hydrogen-bond acceptors (Lipinski definition) is 4. The van der Waals surface area contributed by atoms with Gasteiger partial charge in [-0.15, -0.1) is 11.8 Å². The molecule has 1 heterocycles. The first-order valence-corrected chi connectivity index (χ1v) is 8.38. The first-order chi connectivity index (χ1) is 10.0. The van der Waals surface area contributed by atoms with Crippen LogP contribution in [0.1, 0.15) is 26.7 Å². The molecule has 0 radical (unpaired) electrons. The molecule has 0 unspecified atom stereocenters. The number of nitrogens with two attached hydrogens (primary N) is 1. The van der Waals surface area contributed by atoms with E-state index in [0.29, 0.717) is 23.2 Å². The molecule has 0 aromatic heterocycles. The Kier molecular flexibility index (Phi) is 5.93. The summed E-state index contributed by atoms with van der Waals surface area (Å²) in [6.45, 7) is 4.63. The third-order valence-electron chi connectivity index (χ3n) is 3.24. The summed E-state index contributed by atoms with van der Waals surface area (Å²) in [4.78, 5) is 13.2. The van der Waals surface area contributed by atoms with Crippen molar-refractivity contribution >= 4 is 35.0 Å². The van der Waals surface area contributed by atoms with Crippen LogP contribution >= 0.6 is 23.4 Å². The van der Waals surface area contributed by atoms with Crippen LogP contribution in [0.3, 0.4) is 0 Å². The second kappa shape index (κ2) is 7.49. The highest BCUT2D eigenvalue weighted by molar-refractivity contribution is 8.00. The number of halogens is 1. The first-order valence-electron chi connectivity index (χ1n) is 7.12. The molecule has 0 saturated carbocycles. The van der Waals surface area contributed by atoms with Gasteiger partial charge in [0.15, 0.2) is 0 Å². The average molecular weight is 329 g/mol. The van der Waals surface area contributed by atoms with Crippen LogP contribution in [-0.2, 0) is 9.53 Å². The molecule has 4 nitrogen and oxygen atoms in total. The Labute approximate surface area is 134 Å². The quantitative estimate of drug-likeness (QED) is 0.814. The smallest absolute Gasteiger partial charge is 0.253 e. The Morgan fingerprint density at radius 1 is 1.52 bits per heavy atom. The van der Waals surface area contributed by atoms with Crippen molar-refractivity contribution in [2.45, 2.75) is 49.0 Å². The van der Waals surface area contributed by atoms with Crippen LogP contribution in [0.5, 0.6) is 0 Å². The maximum atomic E-state index is 12.3.